The third kappa shape index (κ3) is 3.23. The fourth-order valence-corrected chi connectivity index (χ4v) is 3.15. The molecule has 2 rings (SSSR count). The molecule has 1 heterocycles. The molecule has 106 valence electrons. The summed E-state index contributed by atoms with van der Waals surface area (Å²) in [7, 11) is 0. The highest BCUT2D eigenvalue weighted by molar-refractivity contribution is 9.10. The predicted molar refractivity (Wildman–Crippen MR) is 81.2 cm³/mol. The van der Waals surface area contributed by atoms with Crippen molar-refractivity contribution in [1.82, 2.24) is 0 Å². The van der Waals surface area contributed by atoms with Crippen LogP contribution in [-0.4, -0.2) is 19.8 Å². The molecule has 0 amide bonds. The van der Waals surface area contributed by atoms with E-state index in [0.717, 1.165) is 41.8 Å². The van der Waals surface area contributed by atoms with Gasteiger partial charge in [-0.1, -0.05) is 29.8 Å². The molecule has 1 aliphatic heterocycles. The molecule has 0 fully saturated rings. The summed E-state index contributed by atoms with van der Waals surface area (Å²) in [5.74, 6) is 2.22. The lowest BCUT2D eigenvalue weighted by Gasteiger charge is -2.26. The minimum atomic E-state index is 0.417. The molecule has 0 aromatic heterocycles. The molecule has 1 aromatic carbocycles. The Balaban J connectivity index is 2.39. The lowest BCUT2D eigenvalue weighted by molar-refractivity contribution is 0.169. The number of hydrogen-bond acceptors (Lipinski definition) is 3. The summed E-state index contributed by atoms with van der Waals surface area (Å²) in [6.07, 6.45) is 3.19. The Labute approximate surface area is 123 Å². The molecule has 0 spiro atoms. The van der Waals surface area contributed by atoms with Crippen LogP contribution < -0.4 is 15.2 Å². The summed E-state index contributed by atoms with van der Waals surface area (Å²) >= 11 is 3.68. The molecule has 4 heteroatoms. The van der Waals surface area contributed by atoms with Gasteiger partial charge < -0.3 is 15.2 Å². The maximum atomic E-state index is 5.85. The summed E-state index contributed by atoms with van der Waals surface area (Å²) in [5.41, 5.74) is 8.20. The van der Waals surface area contributed by atoms with Crippen LogP contribution in [0.1, 0.15) is 43.7 Å². The van der Waals surface area contributed by atoms with Crippen molar-refractivity contribution in [2.24, 2.45) is 5.73 Å². The number of unbranched alkanes of at least 4 members (excludes halogenated alkanes) is 1. The van der Waals surface area contributed by atoms with E-state index in [1.165, 1.54) is 11.1 Å². The van der Waals surface area contributed by atoms with E-state index in [-0.39, 0.29) is 0 Å². The van der Waals surface area contributed by atoms with Gasteiger partial charge in [-0.2, -0.15) is 0 Å². The first-order chi connectivity index (χ1) is 9.15. The van der Waals surface area contributed by atoms with E-state index in [4.69, 9.17) is 15.2 Å². The second-order valence-electron chi connectivity index (χ2n) is 5.18. The van der Waals surface area contributed by atoms with Crippen LogP contribution in [0.5, 0.6) is 11.5 Å². The lowest BCUT2D eigenvalue weighted by atomic mass is 9.92. The Kier molecular flexibility index (Phi) is 5.11. The highest BCUT2D eigenvalue weighted by Crippen LogP contribution is 2.44. The maximum absolute atomic E-state index is 5.85. The molecule has 0 atom stereocenters. The van der Waals surface area contributed by atoms with Crippen LogP contribution in [0.3, 0.4) is 0 Å². The van der Waals surface area contributed by atoms with Gasteiger partial charge in [0.05, 0.1) is 0 Å². The smallest absolute Gasteiger partial charge is 0.165 e. The first-order valence-electron chi connectivity index (χ1n) is 6.96. The molecular weight excluding hydrogens is 306 g/mol. The van der Waals surface area contributed by atoms with Gasteiger partial charge in [0.2, 0.25) is 0 Å². The summed E-state index contributed by atoms with van der Waals surface area (Å²) in [6.45, 7) is 6.41. The third-order valence-corrected chi connectivity index (χ3v) is 4.09. The van der Waals surface area contributed by atoms with Gasteiger partial charge >= 0.3 is 0 Å². The van der Waals surface area contributed by atoms with Crippen LogP contribution in [-0.2, 0) is 6.42 Å². The third-order valence-electron chi connectivity index (χ3n) is 3.39. The van der Waals surface area contributed by atoms with E-state index in [0.29, 0.717) is 19.1 Å². The van der Waals surface area contributed by atoms with Crippen molar-refractivity contribution in [3.05, 3.63) is 21.7 Å². The summed E-state index contributed by atoms with van der Waals surface area (Å²) in [4.78, 5) is 0. The molecule has 0 unspecified atom stereocenters. The predicted octanol–water partition coefficient (Wildman–Crippen LogP) is 3.63. The largest absolute Gasteiger partial charge is 0.486 e. The van der Waals surface area contributed by atoms with E-state index >= 15 is 0 Å². The Morgan fingerprint density at radius 1 is 1.26 bits per heavy atom. The summed E-state index contributed by atoms with van der Waals surface area (Å²) in [5, 5.41) is 0. The van der Waals surface area contributed by atoms with Crippen molar-refractivity contribution in [2.45, 2.75) is 39.0 Å². The molecule has 1 aromatic rings. The second-order valence-corrected chi connectivity index (χ2v) is 6.03. The van der Waals surface area contributed by atoms with E-state index < -0.39 is 0 Å². The molecule has 1 aliphatic rings. The topological polar surface area (TPSA) is 44.5 Å². The van der Waals surface area contributed by atoms with Crippen LogP contribution >= 0.6 is 15.9 Å². The number of nitrogens with two attached hydrogens (primary N) is 1. The van der Waals surface area contributed by atoms with E-state index in [2.05, 4.69) is 29.8 Å². The van der Waals surface area contributed by atoms with Gasteiger partial charge in [-0.3, -0.25) is 0 Å². The minimum absolute atomic E-state index is 0.417. The van der Waals surface area contributed by atoms with Crippen molar-refractivity contribution in [3.63, 3.8) is 0 Å². The average molecular weight is 328 g/mol. The number of rotatable bonds is 5. The SMILES string of the molecule is CC(C)c1c(CCCCN)c(Br)cc2c1OCCO2. The molecule has 2 N–H and O–H groups in total. The number of benzene rings is 1. The van der Waals surface area contributed by atoms with Gasteiger partial charge in [-0.25, -0.2) is 0 Å². The normalized spacial score (nSPS) is 13.9. The monoisotopic (exact) mass is 327 g/mol. The van der Waals surface area contributed by atoms with Crippen LogP contribution in [0.25, 0.3) is 0 Å². The molecule has 0 bridgehead atoms. The van der Waals surface area contributed by atoms with Crippen LogP contribution in [0.15, 0.2) is 10.5 Å². The fourth-order valence-electron chi connectivity index (χ4n) is 2.53. The molecular formula is C15H22BrNO2. The zero-order valence-corrected chi connectivity index (χ0v) is 13.3. The van der Waals surface area contributed by atoms with Crippen molar-refractivity contribution in [3.8, 4) is 11.5 Å². The zero-order valence-electron chi connectivity index (χ0n) is 11.7. The van der Waals surface area contributed by atoms with Crippen molar-refractivity contribution < 1.29 is 9.47 Å². The number of fused-ring (bicyclic) bond motifs is 1. The van der Waals surface area contributed by atoms with Gasteiger partial charge in [-0.15, -0.1) is 0 Å². The minimum Gasteiger partial charge on any atom is -0.486 e. The number of halogens is 1. The average Bonchev–Trinajstić information content (AvgIpc) is 2.38. The molecule has 3 nitrogen and oxygen atoms in total. The number of hydrogen-bond donors (Lipinski definition) is 1. The lowest BCUT2D eigenvalue weighted by Crippen LogP contribution is -2.18. The maximum Gasteiger partial charge on any atom is 0.165 e. The highest BCUT2D eigenvalue weighted by atomic mass is 79.9. The van der Waals surface area contributed by atoms with Crippen molar-refractivity contribution in [2.75, 3.05) is 19.8 Å². The van der Waals surface area contributed by atoms with Crippen molar-refractivity contribution >= 4 is 15.9 Å². The standard InChI is InChI=1S/C15H22BrNO2/c1-10(2)14-11(5-3-4-6-17)12(16)9-13-15(14)19-8-7-18-13/h9-10H,3-8,17H2,1-2H3. The Morgan fingerprint density at radius 3 is 2.68 bits per heavy atom. The first-order valence-corrected chi connectivity index (χ1v) is 7.75. The molecule has 0 saturated heterocycles. The first kappa shape index (κ1) is 14.7. The van der Waals surface area contributed by atoms with Gasteiger partial charge in [0.25, 0.3) is 0 Å². The Hall–Kier alpha value is -0.740. The Morgan fingerprint density at radius 2 is 2.00 bits per heavy atom. The second kappa shape index (κ2) is 6.62. The van der Waals surface area contributed by atoms with Crippen LogP contribution in [0.4, 0.5) is 0 Å². The van der Waals surface area contributed by atoms with E-state index in [9.17, 15) is 0 Å². The summed E-state index contributed by atoms with van der Waals surface area (Å²) in [6, 6.07) is 2.04. The molecule has 0 saturated carbocycles. The van der Waals surface area contributed by atoms with Gasteiger partial charge in [0.15, 0.2) is 11.5 Å². The van der Waals surface area contributed by atoms with Gasteiger partial charge in [0, 0.05) is 10.0 Å². The fraction of sp³-hybridized carbons (Fsp3) is 0.600. The van der Waals surface area contributed by atoms with Gasteiger partial charge in [0.1, 0.15) is 13.2 Å². The highest BCUT2D eigenvalue weighted by Gasteiger charge is 2.23. The van der Waals surface area contributed by atoms with E-state index in [1.807, 2.05) is 6.07 Å². The molecule has 0 radical (unpaired) electrons. The van der Waals surface area contributed by atoms with Gasteiger partial charge in [-0.05, 0) is 43.4 Å². The Bertz CT molecular complexity index is 446. The van der Waals surface area contributed by atoms with Crippen LogP contribution in [0, 0.1) is 0 Å². The molecule has 19 heavy (non-hydrogen) atoms. The number of ether oxygens (including phenoxy) is 2. The van der Waals surface area contributed by atoms with Crippen LogP contribution in [0.2, 0.25) is 0 Å². The zero-order chi connectivity index (χ0) is 13.8. The van der Waals surface area contributed by atoms with E-state index in [1.54, 1.807) is 0 Å². The summed E-state index contributed by atoms with van der Waals surface area (Å²) < 4.78 is 12.7. The van der Waals surface area contributed by atoms with Crippen molar-refractivity contribution in [1.29, 1.82) is 0 Å². The quantitative estimate of drug-likeness (QED) is 0.840. The molecule has 0 aliphatic carbocycles.